The van der Waals surface area contributed by atoms with Crippen LogP contribution in [0.15, 0.2) is 48.7 Å². The summed E-state index contributed by atoms with van der Waals surface area (Å²) in [6.07, 6.45) is 4.21. The molecule has 26 heavy (non-hydrogen) atoms. The van der Waals surface area contributed by atoms with Crippen molar-refractivity contribution in [3.8, 4) is 0 Å². The molecule has 0 atom stereocenters. The van der Waals surface area contributed by atoms with Crippen LogP contribution in [0.4, 0.5) is 5.82 Å². The minimum Gasteiger partial charge on any atom is -0.354 e. The van der Waals surface area contributed by atoms with Crippen molar-refractivity contribution in [2.45, 2.75) is 25.8 Å². The highest BCUT2D eigenvalue weighted by atomic mass is 16.1. The van der Waals surface area contributed by atoms with Gasteiger partial charge in [-0.25, -0.2) is 4.98 Å². The van der Waals surface area contributed by atoms with Crippen LogP contribution in [-0.2, 0) is 17.8 Å². The molecule has 1 saturated heterocycles. The molecule has 0 unspecified atom stereocenters. The Morgan fingerprint density at radius 2 is 1.85 bits per heavy atom. The maximum atomic E-state index is 12.1. The topological polar surface area (TPSA) is 48.5 Å². The number of rotatable bonds is 7. The van der Waals surface area contributed by atoms with Crippen LogP contribution in [-0.4, -0.2) is 49.0 Å². The summed E-state index contributed by atoms with van der Waals surface area (Å²) in [4.78, 5) is 21.2. The Morgan fingerprint density at radius 1 is 1.08 bits per heavy atom. The Kier molecular flexibility index (Phi) is 6.61. The minimum absolute atomic E-state index is 0.110. The van der Waals surface area contributed by atoms with Gasteiger partial charge < -0.3 is 15.1 Å². The van der Waals surface area contributed by atoms with Crippen molar-refractivity contribution < 1.29 is 4.79 Å². The monoisotopic (exact) mass is 352 g/mol. The quantitative estimate of drug-likeness (QED) is 0.832. The van der Waals surface area contributed by atoms with Gasteiger partial charge in [0.2, 0.25) is 5.91 Å². The Bertz CT molecular complexity index is 696. The first-order valence-corrected chi connectivity index (χ1v) is 9.40. The Morgan fingerprint density at radius 3 is 2.62 bits per heavy atom. The predicted octanol–water partition coefficient (Wildman–Crippen LogP) is 2.47. The van der Waals surface area contributed by atoms with Gasteiger partial charge in [-0.3, -0.25) is 4.79 Å². The van der Waals surface area contributed by atoms with Crippen LogP contribution in [0.25, 0.3) is 0 Å². The van der Waals surface area contributed by atoms with Gasteiger partial charge in [-0.15, -0.1) is 0 Å². The van der Waals surface area contributed by atoms with E-state index in [1.54, 1.807) is 0 Å². The summed E-state index contributed by atoms with van der Waals surface area (Å²) in [6, 6.07) is 14.4. The molecule has 1 aromatic heterocycles. The summed E-state index contributed by atoms with van der Waals surface area (Å²) in [7, 11) is 2.15. The van der Waals surface area contributed by atoms with Crippen LogP contribution in [0.3, 0.4) is 0 Å². The highest BCUT2D eigenvalue weighted by Crippen LogP contribution is 2.14. The van der Waals surface area contributed by atoms with Gasteiger partial charge in [0.05, 0.1) is 0 Å². The number of carbonyl (C=O) groups excluding carboxylic acids is 1. The number of aromatic nitrogens is 1. The average molecular weight is 352 g/mol. The molecular formula is C21H28N4O. The van der Waals surface area contributed by atoms with E-state index < -0.39 is 0 Å². The van der Waals surface area contributed by atoms with E-state index in [4.69, 9.17) is 0 Å². The fourth-order valence-electron chi connectivity index (χ4n) is 3.17. The number of piperazine rings is 1. The molecule has 1 fully saturated rings. The molecule has 1 aromatic carbocycles. The average Bonchev–Trinajstić information content (AvgIpc) is 2.68. The highest BCUT2D eigenvalue weighted by molar-refractivity contribution is 5.75. The fraction of sp³-hybridized carbons (Fsp3) is 0.429. The molecule has 5 heteroatoms. The van der Waals surface area contributed by atoms with Crippen LogP contribution in [0.1, 0.15) is 24.0 Å². The zero-order valence-electron chi connectivity index (χ0n) is 15.5. The Hall–Kier alpha value is -2.40. The first-order chi connectivity index (χ1) is 12.7. The fourth-order valence-corrected chi connectivity index (χ4v) is 3.17. The van der Waals surface area contributed by atoms with E-state index in [1.807, 2.05) is 30.5 Å². The van der Waals surface area contributed by atoms with E-state index in [-0.39, 0.29) is 5.91 Å². The molecule has 1 aliphatic heterocycles. The third-order valence-electron chi connectivity index (χ3n) is 4.84. The third kappa shape index (κ3) is 5.56. The molecule has 2 heterocycles. The summed E-state index contributed by atoms with van der Waals surface area (Å²) in [6.45, 7) is 4.68. The van der Waals surface area contributed by atoms with Crippen LogP contribution < -0.4 is 10.2 Å². The molecule has 138 valence electrons. The SMILES string of the molecule is CN1CCN(c2cc(CNC(=O)CCCc3ccccc3)ccn2)CC1. The molecule has 0 radical (unpaired) electrons. The van der Waals surface area contributed by atoms with E-state index in [0.29, 0.717) is 13.0 Å². The standard InChI is InChI=1S/C21H28N4O/c1-24-12-14-25(15-13-24)20-16-19(10-11-22-20)17-23-21(26)9-5-8-18-6-3-2-4-7-18/h2-4,6-7,10-11,16H,5,8-9,12-15,17H2,1H3,(H,23,26). The number of hydrogen-bond acceptors (Lipinski definition) is 4. The predicted molar refractivity (Wildman–Crippen MR) is 105 cm³/mol. The smallest absolute Gasteiger partial charge is 0.220 e. The second-order valence-corrected chi connectivity index (χ2v) is 6.93. The van der Waals surface area contributed by atoms with Crippen molar-refractivity contribution in [2.24, 2.45) is 0 Å². The third-order valence-corrected chi connectivity index (χ3v) is 4.84. The second-order valence-electron chi connectivity index (χ2n) is 6.93. The molecule has 0 spiro atoms. The van der Waals surface area contributed by atoms with Crippen LogP contribution >= 0.6 is 0 Å². The molecule has 0 aliphatic carbocycles. The lowest BCUT2D eigenvalue weighted by molar-refractivity contribution is -0.121. The number of benzene rings is 1. The number of amides is 1. The number of pyridine rings is 1. The molecule has 3 rings (SSSR count). The molecule has 1 aliphatic rings. The minimum atomic E-state index is 0.110. The molecule has 1 N–H and O–H groups in total. The number of anilines is 1. The lowest BCUT2D eigenvalue weighted by Crippen LogP contribution is -2.44. The van der Waals surface area contributed by atoms with Crippen molar-refractivity contribution in [1.82, 2.24) is 15.2 Å². The zero-order valence-corrected chi connectivity index (χ0v) is 15.5. The summed E-state index contributed by atoms with van der Waals surface area (Å²) in [5.41, 5.74) is 2.39. The molecular weight excluding hydrogens is 324 g/mol. The molecule has 5 nitrogen and oxygen atoms in total. The molecule has 1 amide bonds. The summed E-state index contributed by atoms with van der Waals surface area (Å²) in [5, 5.41) is 3.03. The number of nitrogens with one attached hydrogen (secondary N) is 1. The molecule has 0 bridgehead atoms. The van der Waals surface area contributed by atoms with E-state index in [9.17, 15) is 4.79 Å². The van der Waals surface area contributed by atoms with Gasteiger partial charge >= 0.3 is 0 Å². The highest BCUT2D eigenvalue weighted by Gasteiger charge is 2.15. The summed E-state index contributed by atoms with van der Waals surface area (Å²) < 4.78 is 0. The van der Waals surface area contributed by atoms with E-state index in [1.165, 1.54) is 5.56 Å². The lowest BCUT2D eigenvalue weighted by Gasteiger charge is -2.33. The molecule has 2 aromatic rings. The number of nitrogens with zero attached hydrogens (tertiary/aromatic N) is 3. The van der Waals surface area contributed by atoms with Crippen LogP contribution in [0, 0.1) is 0 Å². The van der Waals surface area contributed by atoms with Crippen molar-refractivity contribution in [3.63, 3.8) is 0 Å². The number of carbonyl (C=O) groups is 1. The second kappa shape index (κ2) is 9.34. The van der Waals surface area contributed by atoms with Gasteiger partial charge in [0.15, 0.2) is 0 Å². The van der Waals surface area contributed by atoms with Crippen LogP contribution in [0.2, 0.25) is 0 Å². The maximum absolute atomic E-state index is 12.1. The van der Waals surface area contributed by atoms with Gasteiger partial charge in [0.1, 0.15) is 5.82 Å². The number of likely N-dealkylation sites (N-methyl/N-ethyl adjacent to an activating group) is 1. The normalized spacial score (nSPS) is 15.0. The number of hydrogen-bond donors (Lipinski definition) is 1. The van der Waals surface area contributed by atoms with Crippen molar-refractivity contribution >= 4 is 11.7 Å². The van der Waals surface area contributed by atoms with Gasteiger partial charge in [0.25, 0.3) is 0 Å². The Balaban J connectivity index is 1.42. The van der Waals surface area contributed by atoms with Gasteiger partial charge in [-0.1, -0.05) is 30.3 Å². The summed E-state index contributed by atoms with van der Waals surface area (Å²) >= 11 is 0. The van der Waals surface area contributed by atoms with Crippen molar-refractivity contribution in [1.29, 1.82) is 0 Å². The largest absolute Gasteiger partial charge is 0.354 e. The van der Waals surface area contributed by atoms with Crippen molar-refractivity contribution in [2.75, 3.05) is 38.1 Å². The van der Waals surface area contributed by atoms with Gasteiger partial charge in [0, 0.05) is 45.3 Å². The zero-order chi connectivity index (χ0) is 18.2. The van der Waals surface area contributed by atoms with Gasteiger partial charge in [-0.2, -0.15) is 0 Å². The van der Waals surface area contributed by atoms with Gasteiger partial charge in [-0.05, 0) is 43.1 Å². The molecule has 0 saturated carbocycles. The summed E-state index contributed by atoms with van der Waals surface area (Å²) in [5.74, 6) is 1.12. The first kappa shape index (κ1) is 18.4. The van der Waals surface area contributed by atoms with Crippen molar-refractivity contribution in [3.05, 3.63) is 59.8 Å². The first-order valence-electron chi connectivity index (χ1n) is 9.40. The Labute approximate surface area is 156 Å². The van der Waals surface area contributed by atoms with E-state index in [0.717, 1.165) is 50.4 Å². The lowest BCUT2D eigenvalue weighted by atomic mass is 10.1. The number of aryl methyl sites for hydroxylation is 1. The van der Waals surface area contributed by atoms with E-state index >= 15 is 0 Å². The van der Waals surface area contributed by atoms with Crippen LogP contribution in [0.5, 0.6) is 0 Å². The van der Waals surface area contributed by atoms with E-state index in [2.05, 4.69) is 45.3 Å². The maximum Gasteiger partial charge on any atom is 0.220 e.